The fourth-order valence-corrected chi connectivity index (χ4v) is 0.943. The molecule has 0 aromatic heterocycles. The van der Waals surface area contributed by atoms with Crippen LogP contribution in [0.5, 0.6) is 11.5 Å². The van der Waals surface area contributed by atoms with Gasteiger partial charge in [-0.15, -0.1) is 0 Å². The minimum absolute atomic E-state index is 0.776. The minimum Gasteiger partial charge on any atom is -0.493 e. The molecule has 0 unspecified atom stereocenters. The van der Waals surface area contributed by atoms with E-state index >= 15 is 0 Å². The van der Waals surface area contributed by atoms with Gasteiger partial charge in [-0.2, -0.15) is 0 Å². The lowest BCUT2D eigenvalue weighted by atomic mass is 10.2. The zero-order chi connectivity index (χ0) is 10.3. The van der Waals surface area contributed by atoms with Gasteiger partial charge in [-0.25, -0.2) is 0 Å². The summed E-state index contributed by atoms with van der Waals surface area (Å²) in [7, 11) is 3.27. The van der Waals surface area contributed by atoms with Gasteiger partial charge in [-0.3, -0.25) is 0 Å². The van der Waals surface area contributed by atoms with Crippen LogP contribution in [-0.2, 0) is 0 Å². The standard InChI is InChI=1S/C9H12O2.C2H6/c1-7-4-5-8(10-2)9(6-7)11-3;1-2/h4-6H,1-3H3;1-2H3. The van der Waals surface area contributed by atoms with Gasteiger partial charge in [-0.1, -0.05) is 19.9 Å². The molecular formula is C11H18O2. The number of hydrogen-bond acceptors (Lipinski definition) is 2. The molecule has 2 heteroatoms. The van der Waals surface area contributed by atoms with Gasteiger partial charge in [0.2, 0.25) is 0 Å². The van der Waals surface area contributed by atoms with E-state index in [1.165, 1.54) is 5.56 Å². The van der Waals surface area contributed by atoms with Crippen molar-refractivity contribution in [3.63, 3.8) is 0 Å². The number of hydrogen-bond donors (Lipinski definition) is 0. The Labute approximate surface area is 80.5 Å². The van der Waals surface area contributed by atoms with Gasteiger partial charge in [0.25, 0.3) is 0 Å². The van der Waals surface area contributed by atoms with Crippen molar-refractivity contribution in [2.24, 2.45) is 0 Å². The Morgan fingerprint density at radius 2 is 1.46 bits per heavy atom. The van der Waals surface area contributed by atoms with Crippen molar-refractivity contribution in [2.75, 3.05) is 14.2 Å². The highest BCUT2D eigenvalue weighted by atomic mass is 16.5. The number of aryl methyl sites for hydroxylation is 1. The van der Waals surface area contributed by atoms with Crippen LogP contribution in [0.25, 0.3) is 0 Å². The lowest BCUT2D eigenvalue weighted by Gasteiger charge is -2.06. The van der Waals surface area contributed by atoms with Crippen LogP contribution in [0.4, 0.5) is 0 Å². The highest BCUT2D eigenvalue weighted by molar-refractivity contribution is 5.42. The highest BCUT2D eigenvalue weighted by Gasteiger charge is 2.00. The van der Waals surface area contributed by atoms with Crippen molar-refractivity contribution in [3.05, 3.63) is 23.8 Å². The molecule has 1 rings (SSSR count). The first kappa shape index (κ1) is 11.8. The van der Waals surface area contributed by atoms with Crippen molar-refractivity contribution in [1.82, 2.24) is 0 Å². The topological polar surface area (TPSA) is 18.5 Å². The Bertz CT molecular complexity index is 244. The molecule has 0 spiro atoms. The van der Waals surface area contributed by atoms with Gasteiger partial charge in [0.05, 0.1) is 14.2 Å². The molecule has 0 bridgehead atoms. The SMILES string of the molecule is CC.COc1ccc(C)cc1OC. The molecule has 0 saturated heterocycles. The van der Waals surface area contributed by atoms with Crippen LogP contribution in [0, 0.1) is 6.92 Å². The first-order valence-corrected chi connectivity index (χ1v) is 4.46. The Morgan fingerprint density at radius 3 is 1.92 bits per heavy atom. The fourth-order valence-electron chi connectivity index (χ4n) is 0.943. The summed E-state index contributed by atoms with van der Waals surface area (Å²) in [5.74, 6) is 1.56. The molecule has 1 aromatic carbocycles. The quantitative estimate of drug-likeness (QED) is 0.700. The zero-order valence-corrected chi connectivity index (χ0v) is 9.05. The van der Waals surface area contributed by atoms with E-state index in [4.69, 9.17) is 9.47 Å². The maximum absolute atomic E-state index is 5.09. The van der Waals surface area contributed by atoms with Crippen molar-refractivity contribution in [1.29, 1.82) is 0 Å². The van der Waals surface area contributed by atoms with Gasteiger partial charge in [0.1, 0.15) is 0 Å². The Hall–Kier alpha value is -1.18. The number of methoxy groups -OCH3 is 2. The third-order valence-electron chi connectivity index (χ3n) is 1.54. The minimum atomic E-state index is 0.776. The Morgan fingerprint density at radius 1 is 0.923 bits per heavy atom. The molecule has 0 heterocycles. The summed E-state index contributed by atoms with van der Waals surface area (Å²) in [6.45, 7) is 6.02. The average Bonchev–Trinajstić information content (AvgIpc) is 2.20. The number of ether oxygens (including phenoxy) is 2. The predicted molar refractivity (Wildman–Crippen MR) is 55.6 cm³/mol. The van der Waals surface area contributed by atoms with Gasteiger partial charge >= 0.3 is 0 Å². The Kier molecular flexibility index (Phi) is 5.77. The molecule has 0 N–H and O–H groups in total. The molecule has 13 heavy (non-hydrogen) atoms. The normalized spacial score (nSPS) is 8.38. The molecule has 0 amide bonds. The predicted octanol–water partition coefficient (Wildman–Crippen LogP) is 3.04. The second-order valence-electron chi connectivity index (χ2n) is 2.36. The average molecular weight is 182 g/mol. The van der Waals surface area contributed by atoms with Crippen LogP contribution in [0.15, 0.2) is 18.2 Å². The molecule has 0 aliphatic rings. The van der Waals surface area contributed by atoms with Crippen molar-refractivity contribution in [2.45, 2.75) is 20.8 Å². The fraction of sp³-hybridized carbons (Fsp3) is 0.455. The van der Waals surface area contributed by atoms with E-state index in [1.807, 2.05) is 39.0 Å². The van der Waals surface area contributed by atoms with E-state index in [1.54, 1.807) is 14.2 Å². The van der Waals surface area contributed by atoms with Gasteiger partial charge in [0.15, 0.2) is 11.5 Å². The lowest BCUT2D eigenvalue weighted by Crippen LogP contribution is -1.90. The summed E-state index contributed by atoms with van der Waals surface area (Å²) in [5, 5.41) is 0. The van der Waals surface area contributed by atoms with Crippen molar-refractivity contribution < 1.29 is 9.47 Å². The largest absolute Gasteiger partial charge is 0.493 e. The molecule has 74 valence electrons. The second kappa shape index (κ2) is 6.35. The van der Waals surface area contributed by atoms with Gasteiger partial charge in [0, 0.05) is 0 Å². The molecule has 2 nitrogen and oxygen atoms in total. The summed E-state index contributed by atoms with van der Waals surface area (Å²) >= 11 is 0. The maximum atomic E-state index is 5.09. The molecule has 0 aliphatic carbocycles. The van der Waals surface area contributed by atoms with Gasteiger partial charge < -0.3 is 9.47 Å². The third kappa shape index (κ3) is 3.36. The van der Waals surface area contributed by atoms with Gasteiger partial charge in [-0.05, 0) is 24.6 Å². The molecule has 0 radical (unpaired) electrons. The summed E-state index contributed by atoms with van der Waals surface area (Å²) in [4.78, 5) is 0. The van der Waals surface area contributed by atoms with Crippen molar-refractivity contribution in [3.8, 4) is 11.5 Å². The first-order chi connectivity index (χ1) is 6.27. The Balaban J connectivity index is 0.000000671. The number of benzene rings is 1. The summed E-state index contributed by atoms with van der Waals surface area (Å²) in [5.41, 5.74) is 1.17. The summed E-state index contributed by atoms with van der Waals surface area (Å²) < 4.78 is 10.2. The van der Waals surface area contributed by atoms with Crippen LogP contribution in [0.3, 0.4) is 0 Å². The van der Waals surface area contributed by atoms with E-state index in [2.05, 4.69) is 0 Å². The van der Waals surface area contributed by atoms with Crippen LogP contribution < -0.4 is 9.47 Å². The third-order valence-corrected chi connectivity index (χ3v) is 1.54. The molecule has 0 fully saturated rings. The van der Waals surface area contributed by atoms with Crippen molar-refractivity contribution >= 4 is 0 Å². The lowest BCUT2D eigenvalue weighted by molar-refractivity contribution is 0.354. The molecule has 0 saturated carbocycles. The van der Waals surface area contributed by atoms with Crippen LogP contribution in [-0.4, -0.2) is 14.2 Å². The van der Waals surface area contributed by atoms with E-state index in [-0.39, 0.29) is 0 Å². The second-order valence-corrected chi connectivity index (χ2v) is 2.36. The summed E-state index contributed by atoms with van der Waals surface area (Å²) in [6, 6.07) is 5.83. The molecular weight excluding hydrogens is 164 g/mol. The molecule has 0 aliphatic heterocycles. The smallest absolute Gasteiger partial charge is 0.160 e. The van der Waals surface area contributed by atoms with E-state index in [0.717, 1.165) is 11.5 Å². The number of rotatable bonds is 2. The van der Waals surface area contributed by atoms with Crippen LogP contribution in [0.2, 0.25) is 0 Å². The monoisotopic (exact) mass is 182 g/mol. The molecule has 1 aromatic rings. The maximum Gasteiger partial charge on any atom is 0.160 e. The van der Waals surface area contributed by atoms with Crippen LogP contribution in [0.1, 0.15) is 19.4 Å². The zero-order valence-electron chi connectivity index (χ0n) is 9.05. The summed E-state index contributed by atoms with van der Waals surface area (Å²) in [6.07, 6.45) is 0. The molecule has 0 atom stereocenters. The highest BCUT2D eigenvalue weighted by Crippen LogP contribution is 2.26. The van der Waals surface area contributed by atoms with E-state index in [9.17, 15) is 0 Å². The van der Waals surface area contributed by atoms with Crippen LogP contribution >= 0.6 is 0 Å². The van der Waals surface area contributed by atoms with E-state index in [0.29, 0.717) is 0 Å². The first-order valence-electron chi connectivity index (χ1n) is 4.46. The van der Waals surface area contributed by atoms with E-state index < -0.39 is 0 Å².